The van der Waals surface area contributed by atoms with E-state index in [9.17, 15) is 0 Å². The molecule has 0 unspecified atom stereocenters. The maximum absolute atomic E-state index is 15.4. The minimum Gasteiger partial charge on any atom is -0.339 e. The Bertz CT molecular complexity index is 1490. The molecule has 35 heavy (non-hydrogen) atoms. The number of fused-ring (bicyclic) bond motifs is 2. The number of rotatable bonds is 4. The topological polar surface area (TPSA) is 60.6 Å². The van der Waals surface area contributed by atoms with Crippen LogP contribution in [0.15, 0.2) is 55.6 Å². The molecule has 3 heterocycles. The van der Waals surface area contributed by atoms with Crippen LogP contribution in [-0.4, -0.2) is 24.8 Å². The molecule has 2 aliphatic rings. The summed E-state index contributed by atoms with van der Waals surface area (Å²) in [5.74, 6) is 1.50. The van der Waals surface area contributed by atoms with E-state index >= 15 is 4.39 Å². The molecule has 4 aromatic rings. The predicted octanol–water partition coefficient (Wildman–Crippen LogP) is 6.69. The third kappa shape index (κ3) is 3.50. The number of nitrogens with zero attached hydrogens (tertiary/aromatic N) is 5. The smallest absolute Gasteiger partial charge is 0.187 e. The number of anilines is 1. The van der Waals surface area contributed by atoms with Crippen molar-refractivity contribution in [1.29, 1.82) is 0 Å². The van der Waals surface area contributed by atoms with Gasteiger partial charge in [-0.3, -0.25) is 0 Å². The van der Waals surface area contributed by atoms with E-state index in [0.717, 1.165) is 51.8 Å². The monoisotopic (exact) mass is 466 g/mol. The van der Waals surface area contributed by atoms with E-state index in [2.05, 4.69) is 34.9 Å². The van der Waals surface area contributed by atoms with Crippen LogP contribution in [0.1, 0.15) is 60.3 Å². The molecule has 0 radical (unpaired) electrons. The first-order valence-corrected chi connectivity index (χ1v) is 12.1. The van der Waals surface area contributed by atoms with Gasteiger partial charge in [0.05, 0.1) is 16.8 Å². The largest absolute Gasteiger partial charge is 0.339 e. The summed E-state index contributed by atoms with van der Waals surface area (Å²) in [6, 6.07) is 11.4. The molecule has 1 aliphatic carbocycles. The molecule has 0 spiro atoms. The van der Waals surface area contributed by atoms with Crippen molar-refractivity contribution >= 4 is 34.3 Å². The second-order valence-corrected chi connectivity index (χ2v) is 9.39. The van der Waals surface area contributed by atoms with Gasteiger partial charge in [-0.25, -0.2) is 9.07 Å². The van der Waals surface area contributed by atoms with Crippen LogP contribution in [0.5, 0.6) is 0 Å². The molecular formula is C28H27FN6. The van der Waals surface area contributed by atoms with Crippen molar-refractivity contribution in [3.8, 4) is 5.82 Å². The minimum atomic E-state index is -0.127. The number of hydrogen-bond donors (Lipinski definition) is 1. The summed E-state index contributed by atoms with van der Waals surface area (Å²) < 4.78 is 18.8. The summed E-state index contributed by atoms with van der Waals surface area (Å²) in [6.07, 6.45) is 9.37. The Balaban J connectivity index is 1.39. The maximum atomic E-state index is 15.4. The van der Waals surface area contributed by atoms with Crippen LogP contribution in [0.2, 0.25) is 0 Å². The Morgan fingerprint density at radius 2 is 1.91 bits per heavy atom. The molecule has 1 saturated carbocycles. The van der Waals surface area contributed by atoms with Gasteiger partial charge in [-0.05, 0) is 67.2 Å². The summed E-state index contributed by atoms with van der Waals surface area (Å²) >= 11 is 0. The van der Waals surface area contributed by atoms with E-state index < -0.39 is 0 Å². The molecule has 1 fully saturated rings. The standard InChI is InChI=1S/C28H27FN6/c1-4-21-27-30-24(20-14-17(2)26(22(29)16-20)19-10-6-5-7-11-19)15-18(3)34(27)32-28(21)35-25-13-9-8-12-23(25)31-33-35/h4,8-9,12-16,19,30H,1,3,5-7,10-11H2,2H3. The van der Waals surface area contributed by atoms with Crippen LogP contribution >= 0.6 is 0 Å². The number of benzene rings is 2. The highest BCUT2D eigenvalue weighted by atomic mass is 19.1. The first-order valence-electron chi connectivity index (χ1n) is 12.1. The van der Waals surface area contributed by atoms with Gasteiger partial charge in [0.2, 0.25) is 0 Å². The number of para-hydroxylation sites is 1. The van der Waals surface area contributed by atoms with Gasteiger partial charge in [0.15, 0.2) is 5.82 Å². The van der Waals surface area contributed by atoms with E-state index in [1.165, 1.54) is 19.3 Å². The Labute approximate surface area is 203 Å². The lowest BCUT2D eigenvalue weighted by Crippen LogP contribution is -2.14. The van der Waals surface area contributed by atoms with Crippen LogP contribution < -0.4 is 5.32 Å². The lowest BCUT2D eigenvalue weighted by atomic mass is 9.81. The fraction of sp³-hybridized carbons (Fsp3) is 0.250. The van der Waals surface area contributed by atoms with Crippen molar-refractivity contribution in [3.05, 3.63) is 83.7 Å². The molecule has 0 bridgehead atoms. The van der Waals surface area contributed by atoms with Crippen LogP contribution in [-0.2, 0) is 0 Å². The van der Waals surface area contributed by atoms with Crippen LogP contribution in [0, 0.1) is 12.7 Å². The molecule has 2 aromatic heterocycles. The molecule has 6 rings (SSSR count). The number of hydrogen-bond acceptors (Lipinski definition) is 4. The summed E-state index contributed by atoms with van der Waals surface area (Å²) in [6.45, 7) is 10.2. The lowest BCUT2D eigenvalue weighted by Gasteiger charge is -2.25. The average Bonchev–Trinajstić information content (AvgIpc) is 3.45. The van der Waals surface area contributed by atoms with E-state index in [1.807, 2.05) is 37.3 Å². The average molecular weight is 467 g/mol. The second-order valence-electron chi connectivity index (χ2n) is 9.39. The normalized spacial score (nSPS) is 16.2. The van der Waals surface area contributed by atoms with Crippen molar-refractivity contribution in [2.75, 3.05) is 5.32 Å². The van der Waals surface area contributed by atoms with Crippen LogP contribution in [0.25, 0.3) is 34.3 Å². The molecule has 2 aromatic carbocycles. The van der Waals surface area contributed by atoms with Crippen LogP contribution in [0.3, 0.4) is 0 Å². The molecule has 0 saturated heterocycles. The Hall–Kier alpha value is -4.00. The number of aryl methyl sites for hydroxylation is 1. The molecule has 6 nitrogen and oxygen atoms in total. The minimum absolute atomic E-state index is 0.127. The number of halogens is 1. The van der Waals surface area contributed by atoms with Crippen molar-refractivity contribution in [2.24, 2.45) is 0 Å². The van der Waals surface area contributed by atoms with Gasteiger partial charge in [-0.2, -0.15) is 4.68 Å². The first-order chi connectivity index (χ1) is 17.0. The van der Waals surface area contributed by atoms with Gasteiger partial charge >= 0.3 is 0 Å². The SMILES string of the molecule is C=Cc1c(-n2nnc3ccccc32)nn2c1NC(c1cc(C)c(C3CCCCC3)c(F)c1)=CC2=C. The van der Waals surface area contributed by atoms with Gasteiger partial charge in [-0.15, -0.1) is 10.2 Å². The zero-order valence-corrected chi connectivity index (χ0v) is 19.8. The summed E-state index contributed by atoms with van der Waals surface area (Å²) in [5, 5.41) is 16.8. The molecular weight excluding hydrogens is 439 g/mol. The second kappa shape index (κ2) is 8.34. The van der Waals surface area contributed by atoms with E-state index in [4.69, 9.17) is 5.10 Å². The van der Waals surface area contributed by atoms with Gasteiger partial charge in [-0.1, -0.05) is 55.8 Å². The van der Waals surface area contributed by atoms with Crippen molar-refractivity contribution in [3.63, 3.8) is 0 Å². The molecule has 1 N–H and O–H groups in total. The third-order valence-electron chi connectivity index (χ3n) is 7.16. The van der Waals surface area contributed by atoms with E-state index in [0.29, 0.717) is 23.3 Å². The zero-order valence-electron chi connectivity index (χ0n) is 19.8. The number of aromatic nitrogens is 5. The van der Waals surface area contributed by atoms with E-state index in [1.54, 1.807) is 21.5 Å². The number of nitrogens with one attached hydrogen (secondary N) is 1. The highest BCUT2D eigenvalue weighted by Gasteiger charge is 2.26. The van der Waals surface area contributed by atoms with Gasteiger partial charge in [0.1, 0.15) is 17.2 Å². The molecule has 176 valence electrons. The van der Waals surface area contributed by atoms with E-state index in [-0.39, 0.29) is 5.82 Å². The number of allylic oxidation sites excluding steroid dienone is 2. The van der Waals surface area contributed by atoms with Crippen LogP contribution in [0.4, 0.5) is 10.2 Å². The highest BCUT2D eigenvalue weighted by Crippen LogP contribution is 2.39. The van der Waals surface area contributed by atoms with Gasteiger partial charge < -0.3 is 5.32 Å². The fourth-order valence-electron chi connectivity index (χ4n) is 5.48. The molecule has 0 atom stereocenters. The highest BCUT2D eigenvalue weighted by molar-refractivity contribution is 5.91. The molecule has 0 amide bonds. The summed E-state index contributed by atoms with van der Waals surface area (Å²) in [7, 11) is 0. The van der Waals surface area contributed by atoms with Crippen molar-refractivity contribution in [2.45, 2.75) is 44.9 Å². The molecule has 1 aliphatic heterocycles. The Morgan fingerprint density at radius 3 is 2.69 bits per heavy atom. The Morgan fingerprint density at radius 1 is 1.11 bits per heavy atom. The summed E-state index contributed by atoms with van der Waals surface area (Å²) in [4.78, 5) is 0. The van der Waals surface area contributed by atoms with Gasteiger partial charge in [0.25, 0.3) is 0 Å². The Kier molecular flexibility index (Phi) is 5.13. The van der Waals surface area contributed by atoms with Crippen molar-refractivity contribution < 1.29 is 4.39 Å². The van der Waals surface area contributed by atoms with Gasteiger partial charge in [0, 0.05) is 11.3 Å². The predicted molar refractivity (Wildman–Crippen MR) is 139 cm³/mol. The van der Waals surface area contributed by atoms with Crippen molar-refractivity contribution in [1.82, 2.24) is 24.8 Å². The first kappa shape index (κ1) is 21.5. The maximum Gasteiger partial charge on any atom is 0.187 e. The summed E-state index contributed by atoms with van der Waals surface area (Å²) in [5.41, 5.74) is 6.50. The quantitative estimate of drug-likeness (QED) is 0.364. The zero-order chi connectivity index (χ0) is 24.1. The third-order valence-corrected chi connectivity index (χ3v) is 7.16. The molecule has 7 heteroatoms. The fourth-order valence-corrected chi connectivity index (χ4v) is 5.48. The lowest BCUT2D eigenvalue weighted by molar-refractivity contribution is 0.428.